The first-order valence-corrected chi connectivity index (χ1v) is 8.54. The van der Waals surface area contributed by atoms with Crippen molar-refractivity contribution in [2.75, 3.05) is 5.75 Å². The summed E-state index contributed by atoms with van der Waals surface area (Å²) in [4.78, 5) is 35.6. The first-order chi connectivity index (χ1) is 11.0. The van der Waals surface area contributed by atoms with E-state index >= 15 is 0 Å². The predicted octanol–water partition coefficient (Wildman–Crippen LogP) is 1.21. The molecule has 0 aromatic heterocycles. The molecule has 1 aromatic carbocycles. The van der Waals surface area contributed by atoms with E-state index in [9.17, 15) is 14.4 Å². The fraction of sp³-hybridized carbons (Fsp3) is 0.438. The lowest BCUT2D eigenvalue weighted by Crippen LogP contribution is -2.49. The lowest BCUT2D eigenvalue weighted by atomic mass is 10.1. The van der Waals surface area contributed by atoms with Crippen LogP contribution in [0.5, 0.6) is 0 Å². The fourth-order valence-corrected chi connectivity index (χ4v) is 2.74. The zero-order valence-electron chi connectivity index (χ0n) is 13.3. The summed E-state index contributed by atoms with van der Waals surface area (Å²) in [7, 11) is 0. The molecule has 7 heteroatoms. The maximum atomic E-state index is 11.6. The van der Waals surface area contributed by atoms with Crippen LogP contribution < -0.4 is 16.2 Å². The van der Waals surface area contributed by atoms with E-state index in [2.05, 4.69) is 35.2 Å². The SMILES string of the molecule is Cc1ccc(SCCC(=O)NNC(=O)C(=O)NC2CC2)cc1C. The molecule has 0 saturated heterocycles. The molecule has 1 aromatic rings. The molecule has 0 atom stereocenters. The Balaban J connectivity index is 1.63. The quantitative estimate of drug-likeness (QED) is 0.429. The van der Waals surface area contributed by atoms with Gasteiger partial charge in [0, 0.05) is 23.1 Å². The molecule has 1 aliphatic rings. The second-order valence-corrected chi connectivity index (χ2v) is 6.76. The van der Waals surface area contributed by atoms with E-state index in [1.807, 2.05) is 13.0 Å². The molecule has 23 heavy (non-hydrogen) atoms. The Bertz CT molecular complexity index is 615. The third-order valence-electron chi connectivity index (χ3n) is 3.51. The molecule has 0 heterocycles. The van der Waals surface area contributed by atoms with Gasteiger partial charge in [-0.15, -0.1) is 11.8 Å². The van der Waals surface area contributed by atoms with Crippen LogP contribution in [0.4, 0.5) is 0 Å². The molecule has 2 rings (SSSR count). The molecule has 1 fully saturated rings. The zero-order chi connectivity index (χ0) is 16.8. The fourth-order valence-electron chi connectivity index (χ4n) is 1.79. The minimum atomic E-state index is -0.841. The van der Waals surface area contributed by atoms with E-state index in [0.717, 1.165) is 17.7 Å². The van der Waals surface area contributed by atoms with Crippen molar-refractivity contribution >= 4 is 29.5 Å². The van der Waals surface area contributed by atoms with Crippen LogP contribution in [0.15, 0.2) is 23.1 Å². The Morgan fingerprint density at radius 3 is 2.48 bits per heavy atom. The number of benzene rings is 1. The van der Waals surface area contributed by atoms with Crippen molar-refractivity contribution in [3.8, 4) is 0 Å². The van der Waals surface area contributed by atoms with Gasteiger partial charge in [-0.25, -0.2) is 0 Å². The summed E-state index contributed by atoms with van der Waals surface area (Å²) in [5, 5.41) is 2.55. The van der Waals surface area contributed by atoms with Gasteiger partial charge >= 0.3 is 11.8 Å². The Kier molecular flexibility index (Phi) is 6.04. The Hall–Kier alpha value is -2.02. The van der Waals surface area contributed by atoms with Crippen molar-refractivity contribution in [1.29, 1.82) is 0 Å². The van der Waals surface area contributed by atoms with Crippen LogP contribution in [-0.2, 0) is 14.4 Å². The maximum absolute atomic E-state index is 11.6. The van der Waals surface area contributed by atoms with Gasteiger partial charge in [0.2, 0.25) is 5.91 Å². The third kappa shape index (κ3) is 5.94. The number of carbonyl (C=O) groups excluding carboxylic acids is 3. The third-order valence-corrected chi connectivity index (χ3v) is 4.51. The molecule has 0 unspecified atom stereocenters. The topological polar surface area (TPSA) is 87.3 Å². The number of aryl methyl sites for hydroxylation is 2. The van der Waals surface area contributed by atoms with Crippen LogP contribution in [0.25, 0.3) is 0 Å². The first kappa shape index (κ1) is 17.3. The number of hydrogen-bond donors (Lipinski definition) is 3. The molecular formula is C16H21N3O3S. The summed E-state index contributed by atoms with van der Waals surface area (Å²) in [5.41, 5.74) is 6.82. The average molecular weight is 335 g/mol. The highest BCUT2D eigenvalue weighted by molar-refractivity contribution is 7.99. The van der Waals surface area contributed by atoms with E-state index < -0.39 is 11.8 Å². The van der Waals surface area contributed by atoms with Crippen LogP contribution >= 0.6 is 11.8 Å². The molecule has 3 N–H and O–H groups in total. The number of amides is 3. The lowest BCUT2D eigenvalue weighted by molar-refractivity contribution is -0.140. The summed E-state index contributed by atoms with van der Waals surface area (Å²) in [6.07, 6.45) is 2.06. The highest BCUT2D eigenvalue weighted by Gasteiger charge is 2.26. The van der Waals surface area contributed by atoms with Crippen LogP contribution in [0.1, 0.15) is 30.4 Å². The Morgan fingerprint density at radius 2 is 1.83 bits per heavy atom. The molecule has 0 spiro atoms. The van der Waals surface area contributed by atoms with Gasteiger partial charge in [-0.1, -0.05) is 6.07 Å². The highest BCUT2D eigenvalue weighted by Crippen LogP contribution is 2.21. The number of rotatable bonds is 5. The molecule has 124 valence electrons. The first-order valence-electron chi connectivity index (χ1n) is 7.55. The number of hydrogen-bond acceptors (Lipinski definition) is 4. The Labute approximate surface area is 139 Å². The van der Waals surface area contributed by atoms with Gasteiger partial charge < -0.3 is 5.32 Å². The van der Waals surface area contributed by atoms with Crippen LogP contribution in [0.2, 0.25) is 0 Å². The molecule has 1 saturated carbocycles. The minimum absolute atomic E-state index is 0.110. The van der Waals surface area contributed by atoms with E-state index in [-0.39, 0.29) is 18.4 Å². The van der Waals surface area contributed by atoms with Crippen molar-refractivity contribution in [3.05, 3.63) is 29.3 Å². The van der Waals surface area contributed by atoms with Crippen molar-refractivity contribution < 1.29 is 14.4 Å². The van der Waals surface area contributed by atoms with Gasteiger partial charge in [0.15, 0.2) is 0 Å². The molecule has 0 bridgehead atoms. The van der Waals surface area contributed by atoms with Crippen LogP contribution in [-0.4, -0.2) is 29.5 Å². The van der Waals surface area contributed by atoms with Gasteiger partial charge in [-0.3, -0.25) is 25.2 Å². The van der Waals surface area contributed by atoms with Gasteiger partial charge in [0.05, 0.1) is 0 Å². The van der Waals surface area contributed by atoms with E-state index in [4.69, 9.17) is 0 Å². The van der Waals surface area contributed by atoms with Crippen molar-refractivity contribution in [3.63, 3.8) is 0 Å². The molecule has 0 aliphatic heterocycles. The molecular weight excluding hydrogens is 314 g/mol. The number of hydrazine groups is 1. The van der Waals surface area contributed by atoms with Gasteiger partial charge in [-0.05, 0) is 49.9 Å². The van der Waals surface area contributed by atoms with Crippen LogP contribution in [0.3, 0.4) is 0 Å². The van der Waals surface area contributed by atoms with Crippen molar-refractivity contribution in [2.45, 2.75) is 44.0 Å². The minimum Gasteiger partial charge on any atom is -0.345 e. The number of nitrogens with one attached hydrogen (secondary N) is 3. The summed E-state index contributed by atoms with van der Waals surface area (Å²) >= 11 is 1.58. The summed E-state index contributed by atoms with van der Waals surface area (Å²) in [6, 6.07) is 6.27. The van der Waals surface area contributed by atoms with Crippen molar-refractivity contribution in [2.24, 2.45) is 0 Å². The highest BCUT2D eigenvalue weighted by atomic mass is 32.2. The smallest absolute Gasteiger partial charge is 0.327 e. The molecule has 3 amide bonds. The second kappa shape index (κ2) is 8.01. The second-order valence-electron chi connectivity index (χ2n) is 5.59. The van der Waals surface area contributed by atoms with E-state index in [1.165, 1.54) is 11.1 Å². The van der Waals surface area contributed by atoms with Crippen LogP contribution in [0, 0.1) is 13.8 Å². The average Bonchev–Trinajstić information content (AvgIpc) is 3.32. The van der Waals surface area contributed by atoms with Gasteiger partial charge in [-0.2, -0.15) is 0 Å². The normalized spacial score (nSPS) is 13.3. The van der Waals surface area contributed by atoms with Crippen molar-refractivity contribution in [1.82, 2.24) is 16.2 Å². The van der Waals surface area contributed by atoms with E-state index in [0.29, 0.717) is 5.75 Å². The summed E-state index contributed by atoms with van der Waals surface area (Å²) in [6.45, 7) is 4.10. The molecule has 1 aliphatic carbocycles. The number of carbonyl (C=O) groups is 3. The predicted molar refractivity (Wildman–Crippen MR) is 88.7 cm³/mol. The standard InChI is InChI=1S/C16H21N3O3S/c1-10-3-6-13(9-11(10)2)23-8-7-14(20)18-19-16(22)15(21)17-12-4-5-12/h3,6,9,12H,4-5,7-8H2,1-2H3,(H,17,21)(H,18,20)(H,19,22). The summed E-state index contributed by atoms with van der Waals surface area (Å²) < 4.78 is 0. The van der Waals surface area contributed by atoms with Gasteiger partial charge in [0.1, 0.15) is 0 Å². The molecule has 0 radical (unpaired) electrons. The van der Waals surface area contributed by atoms with Gasteiger partial charge in [0.25, 0.3) is 0 Å². The number of thioether (sulfide) groups is 1. The Morgan fingerprint density at radius 1 is 1.09 bits per heavy atom. The molecule has 6 nitrogen and oxygen atoms in total. The van der Waals surface area contributed by atoms with E-state index in [1.54, 1.807) is 11.8 Å². The zero-order valence-corrected chi connectivity index (χ0v) is 14.1. The lowest BCUT2D eigenvalue weighted by Gasteiger charge is -2.08. The monoisotopic (exact) mass is 335 g/mol. The largest absolute Gasteiger partial charge is 0.345 e. The maximum Gasteiger partial charge on any atom is 0.327 e. The summed E-state index contributed by atoms with van der Waals surface area (Å²) in [5.74, 6) is -1.28.